The van der Waals surface area contributed by atoms with E-state index in [1.807, 2.05) is 6.07 Å². The van der Waals surface area contributed by atoms with Gasteiger partial charge in [0.1, 0.15) is 0 Å². The van der Waals surface area contributed by atoms with Crippen LogP contribution in [0.2, 0.25) is 0 Å². The van der Waals surface area contributed by atoms with Crippen LogP contribution in [0.1, 0.15) is 18.9 Å². The van der Waals surface area contributed by atoms with Gasteiger partial charge in [0.15, 0.2) is 0 Å². The van der Waals surface area contributed by atoms with E-state index in [-0.39, 0.29) is 12.3 Å². The predicted octanol–water partition coefficient (Wildman–Crippen LogP) is 1.01. The van der Waals surface area contributed by atoms with Crippen molar-refractivity contribution in [3.8, 4) is 6.07 Å². The maximum absolute atomic E-state index is 11.6. The molecule has 1 atom stereocenters. The highest BCUT2D eigenvalue weighted by Gasteiger charge is 2.15. The van der Waals surface area contributed by atoms with Gasteiger partial charge in [-0.05, 0) is 18.2 Å². The second kappa shape index (κ2) is 5.66. The molecule has 1 rings (SSSR count). The van der Waals surface area contributed by atoms with E-state index in [0.717, 1.165) is 0 Å². The standard InChI is InChI=1S/C12H13N3O2/c1-8(5-11(14)16)12(17)15-10-4-2-3-9(6-10)7-13/h2-4,6,8H,5H2,1H3,(H2,14,16)(H,15,17). The summed E-state index contributed by atoms with van der Waals surface area (Å²) >= 11 is 0. The highest BCUT2D eigenvalue weighted by molar-refractivity contribution is 5.94. The van der Waals surface area contributed by atoms with Crippen LogP contribution in [-0.4, -0.2) is 11.8 Å². The molecule has 0 saturated carbocycles. The zero-order chi connectivity index (χ0) is 12.8. The van der Waals surface area contributed by atoms with Crippen LogP contribution in [0.4, 0.5) is 5.69 Å². The molecule has 1 aromatic carbocycles. The van der Waals surface area contributed by atoms with E-state index in [4.69, 9.17) is 11.0 Å². The molecule has 0 aliphatic heterocycles. The lowest BCUT2D eigenvalue weighted by Crippen LogP contribution is -2.25. The summed E-state index contributed by atoms with van der Waals surface area (Å²) < 4.78 is 0. The second-order valence-electron chi connectivity index (χ2n) is 3.75. The molecule has 0 heterocycles. The van der Waals surface area contributed by atoms with Gasteiger partial charge < -0.3 is 11.1 Å². The summed E-state index contributed by atoms with van der Waals surface area (Å²) in [5, 5.41) is 11.3. The Morgan fingerprint density at radius 2 is 2.24 bits per heavy atom. The fraction of sp³-hybridized carbons (Fsp3) is 0.250. The van der Waals surface area contributed by atoms with Gasteiger partial charge in [0.05, 0.1) is 11.6 Å². The molecular weight excluding hydrogens is 218 g/mol. The number of hydrogen-bond donors (Lipinski definition) is 2. The first kappa shape index (κ1) is 12.7. The minimum Gasteiger partial charge on any atom is -0.370 e. The largest absolute Gasteiger partial charge is 0.370 e. The Morgan fingerprint density at radius 1 is 1.53 bits per heavy atom. The first-order valence-corrected chi connectivity index (χ1v) is 5.12. The maximum Gasteiger partial charge on any atom is 0.227 e. The summed E-state index contributed by atoms with van der Waals surface area (Å²) in [7, 11) is 0. The molecule has 1 unspecified atom stereocenters. The van der Waals surface area contributed by atoms with E-state index in [0.29, 0.717) is 11.3 Å². The highest BCUT2D eigenvalue weighted by Crippen LogP contribution is 2.12. The number of nitrogens with two attached hydrogens (primary N) is 1. The molecule has 1 aromatic rings. The van der Waals surface area contributed by atoms with Crippen LogP contribution in [0.25, 0.3) is 0 Å². The number of primary amides is 1. The molecule has 5 heteroatoms. The van der Waals surface area contributed by atoms with Crippen LogP contribution in [0, 0.1) is 17.2 Å². The van der Waals surface area contributed by atoms with E-state index >= 15 is 0 Å². The van der Waals surface area contributed by atoms with Crippen molar-refractivity contribution in [1.29, 1.82) is 5.26 Å². The van der Waals surface area contributed by atoms with Crippen LogP contribution in [-0.2, 0) is 9.59 Å². The molecule has 3 N–H and O–H groups in total. The Morgan fingerprint density at radius 3 is 2.82 bits per heavy atom. The van der Waals surface area contributed by atoms with Gasteiger partial charge in [-0.3, -0.25) is 9.59 Å². The van der Waals surface area contributed by atoms with Crippen LogP contribution in [0.15, 0.2) is 24.3 Å². The first-order chi connectivity index (χ1) is 8.02. The fourth-order valence-corrected chi connectivity index (χ4v) is 1.33. The monoisotopic (exact) mass is 231 g/mol. The molecular formula is C12H13N3O2. The lowest BCUT2D eigenvalue weighted by atomic mass is 10.1. The number of nitrogens with one attached hydrogen (secondary N) is 1. The van der Waals surface area contributed by atoms with E-state index < -0.39 is 11.8 Å². The van der Waals surface area contributed by atoms with Gasteiger partial charge in [-0.2, -0.15) is 5.26 Å². The summed E-state index contributed by atoms with van der Waals surface area (Å²) in [6, 6.07) is 8.53. The topological polar surface area (TPSA) is 96.0 Å². The molecule has 0 bridgehead atoms. The van der Waals surface area contributed by atoms with Crippen molar-refractivity contribution >= 4 is 17.5 Å². The lowest BCUT2D eigenvalue weighted by Gasteiger charge is -2.10. The van der Waals surface area contributed by atoms with Crippen molar-refractivity contribution in [2.24, 2.45) is 11.7 Å². The summed E-state index contributed by atoms with van der Waals surface area (Å²) in [6.45, 7) is 1.62. The normalized spacial score (nSPS) is 11.3. The van der Waals surface area contributed by atoms with E-state index in [9.17, 15) is 9.59 Å². The summed E-state index contributed by atoms with van der Waals surface area (Å²) in [4.78, 5) is 22.3. The summed E-state index contributed by atoms with van der Waals surface area (Å²) in [6.07, 6.45) is 0.00374. The molecule has 0 saturated heterocycles. The third kappa shape index (κ3) is 3.95. The molecule has 0 fully saturated rings. The zero-order valence-corrected chi connectivity index (χ0v) is 9.43. The molecule has 0 radical (unpaired) electrons. The number of nitriles is 1. The number of benzene rings is 1. The molecule has 17 heavy (non-hydrogen) atoms. The Bertz CT molecular complexity index is 477. The number of anilines is 1. The zero-order valence-electron chi connectivity index (χ0n) is 9.43. The minimum absolute atomic E-state index is 0.00374. The maximum atomic E-state index is 11.6. The van der Waals surface area contributed by atoms with Gasteiger partial charge in [-0.15, -0.1) is 0 Å². The Balaban J connectivity index is 2.68. The van der Waals surface area contributed by atoms with Crippen molar-refractivity contribution in [2.75, 3.05) is 5.32 Å². The van der Waals surface area contributed by atoms with Crippen LogP contribution in [0.5, 0.6) is 0 Å². The number of hydrogen-bond acceptors (Lipinski definition) is 3. The Kier molecular flexibility index (Phi) is 4.23. The van der Waals surface area contributed by atoms with Crippen molar-refractivity contribution in [3.05, 3.63) is 29.8 Å². The smallest absolute Gasteiger partial charge is 0.227 e. The first-order valence-electron chi connectivity index (χ1n) is 5.12. The highest BCUT2D eigenvalue weighted by atomic mass is 16.2. The van der Waals surface area contributed by atoms with Crippen molar-refractivity contribution in [2.45, 2.75) is 13.3 Å². The van der Waals surface area contributed by atoms with Gasteiger partial charge >= 0.3 is 0 Å². The second-order valence-corrected chi connectivity index (χ2v) is 3.75. The molecule has 0 aliphatic rings. The average Bonchev–Trinajstić information content (AvgIpc) is 2.28. The van der Waals surface area contributed by atoms with Gasteiger partial charge in [0, 0.05) is 18.0 Å². The van der Waals surface area contributed by atoms with E-state index in [1.54, 1.807) is 31.2 Å². The molecule has 88 valence electrons. The van der Waals surface area contributed by atoms with Crippen molar-refractivity contribution < 1.29 is 9.59 Å². The van der Waals surface area contributed by atoms with Crippen molar-refractivity contribution in [3.63, 3.8) is 0 Å². The third-order valence-electron chi connectivity index (χ3n) is 2.21. The van der Waals surface area contributed by atoms with Crippen LogP contribution < -0.4 is 11.1 Å². The number of rotatable bonds is 4. The Labute approximate surface area is 99.2 Å². The molecule has 0 aliphatic carbocycles. The van der Waals surface area contributed by atoms with Gasteiger partial charge in [0.25, 0.3) is 0 Å². The van der Waals surface area contributed by atoms with Crippen LogP contribution in [0.3, 0.4) is 0 Å². The van der Waals surface area contributed by atoms with Crippen LogP contribution >= 0.6 is 0 Å². The number of amides is 2. The fourth-order valence-electron chi connectivity index (χ4n) is 1.33. The Hall–Kier alpha value is -2.35. The van der Waals surface area contributed by atoms with Crippen molar-refractivity contribution in [1.82, 2.24) is 0 Å². The molecule has 5 nitrogen and oxygen atoms in total. The molecule has 0 spiro atoms. The van der Waals surface area contributed by atoms with Gasteiger partial charge in [0.2, 0.25) is 11.8 Å². The minimum atomic E-state index is -0.515. The molecule has 2 amide bonds. The average molecular weight is 231 g/mol. The van der Waals surface area contributed by atoms with E-state index in [1.165, 1.54) is 0 Å². The quantitative estimate of drug-likeness (QED) is 0.809. The lowest BCUT2D eigenvalue weighted by molar-refractivity contribution is -0.125. The number of carbonyl (C=O) groups is 2. The predicted molar refractivity (Wildman–Crippen MR) is 62.8 cm³/mol. The van der Waals surface area contributed by atoms with Gasteiger partial charge in [-0.25, -0.2) is 0 Å². The third-order valence-corrected chi connectivity index (χ3v) is 2.21. The number of nitrogens with zero attached hydrogens (tertiary/aromatic N) is 1. The van der Waals surface area contributed by atoms with E-state index in [2.05, 4.69) is 5.32 Å². The number of carbonyl (C=O) groups excluding carboxylic acids is 2. The SMILES string of the molecule is CC(CC(N)=O)C(=O)Nc1cccc(C#N)c1. The summed E-state index contributed by atoms with van der Waals surface area (Å²) in [5.41, 5.74) is 6.00. The molecule has 0 aromatic heterocycles. The summed E-state index contributed by atoms with van der Waals surface area (Å²) in [5.74, 6) is -1.30. The van der Waals surface area contributed by atoms with Gasteiger partial charge in [-0.1, -0.05) is 13.0 Å².